The second-order valence-corrected chi connectivity index (χ2v) is 4.27. The van der Waals surface area contributed by atoms with Crippen molar-refractivity contribution in [2.75, 3.05) is 7.11 Å². The Balaban J connectivity index is 2.14. The summed E-state index contributed by atoms with van der Waals surface area (Å²) in [6.07, 6.45) is 4.05. The van der Waals surface area contributed by atoms with Gasteiger partial charge in [0, 0.05) is 18.0 Å². The maximum atomic E-state index is 5.22. The van der Waals surface area contributed by atoms with Crippen LogP contribution in [0.4, 0.5) is 0 Å². The molecule has 3 heteroatoms. The van der Waals surface area contributed by atoms with E-state index in [1.165, 1.54) is 0 Å². The minimum atomic E-state index is 0.875. The predicted octanol–water partition coefficient (Wildman–Crippen LogP) is 3.32. The Morgan fingerprint density at radius 2 is 2.06 bits per heavy atom. The molecule has 0 saturated carbocycles. The van der Waals surface area contributed by atoms with Crippen LogP contribution in [-0.4, -0.2) is 16.5 Å². The Morgan fingerprint density at radius 3 is 2.78 bits per heavy atom. The van der Waals surface area contributed by atoms with Gasteiger partial charge in [-0.2, -0.15) is 0 Å². The Hall–Kier alpha value is -2.29. The average molecular weight is 238 g/mol. The molecule has 0 aliphatic heterocycles. The Morgan fingerprint density at radius 1 is 1.17 bits per heavy atom. The SMILES string of the molecule is COc1ccc(-c2cn3ccccc3n2)c(C)c1. The number of hydrogen-bond acceptors (Lipinski definition) is 2. The van der Waals surface area contributed by atoms with Crippen molar-refractivity contribution in [2.45, 2.75) is 6.92 Å². The number of aryl methyl sites for hydroxylation is 1. The van der Waals surface area contributed by atoms with Crippen molar-refractivity contribution in [3.05, 3.63) is 54.4 Å². The van der Waals surface area contributed by atoms with Crippen molar-refractivity contribution in [2.24, 2.45) is 0 Å². The van der Waals surface area contributed by atoms with Gasteiger partial charge in [0.15, 0.2) is 0 Å². The number of methoxy groups -OCH3 is 1. The van der Waals surface area contributed by atoms with Crippen molar-refractivity contribution in [1.82, 2.24) is 9.38 Å². The van der Waals surface area contributed by atoms with Gasteiger partial charge in [-0.3, -0.25) is 0 Å². The first-order valence-electron chi connectivity index (χ1n) is 5.86. The fourth-order valence-corrected chi connectivity index (χ4v) is 2.11. The highest BCUT2D eigenvalue weighted by molar-refractivity contribution is 5.67. The Bertz CT molecular complexity index is 668. The minimum absolute atomic E-state index is 0.875. The topological polar surface area (TPSA) is 26.5 Å². The van der Waals surface area contributed by atoms with Crippen LogP contribution >= 0.6 is 0 Å². The van der Waals surface area contributed by atoms with Crippen LogP contribution in [0, 0.1) is 6.92 Å². The molecule has 0 bridgehead atoms. The molecule has 0 saturated heterocycles. The van der Waals surface area contributed by atoms with Crippen molar-refractivity contribution < 1.29 is 4.74 Å². The molecule has 0 radical (unpaired) electrons. The molecule has 0 N–H and O–H groups in total. The second-order valence-electron chi connectivity index (χ2n) is 4.27. The molecule has 18 heavy (non-hydrogen) atoms. The van der Waals surface area contributed by atoms with Gasteiger partial charge in [0.2, 0.25) is 0 Å². The third-order valence-corrected chi connectivity index (χ3v) is 3.07. The summed E-state index contributed by atoms with van der Waals surface area (Å²) in [4.78, 5) is 4.62. The fraction of sp³-hybridized carbons (Fsp3) is 0.133. The van der Waals surface area contributed by atoms with Crippen LogP contribution in [0.2, 0.25) is 0 Å². The van der Waals surface area contributed by atoms with E-state index < -0.39 is 0 Å². The van der Waals surface area contributed by atoms with E-state index in [1.807, 2.05) is 47.1 Å². The number of nitrogens with zero attached hydrogens (tertiary/aromatic N) is 2. The maximum absolute atomic E-state index is 5.22. The van der Waals surface area contributed by atoms with Gasteiger partial charge in [-0.1, -0.05) is 6.07 Å². The highest BCUT2D eigenvalue weighted by Gasteiger charge is 2.07. The summed E-state index contributed by atoms with van der Waals surface area (Å²) < 4.78 is 7.25. The molecule has 0 amide bonds. The van der Waals surface area contributed by atoms with E-state index in [9.17, 15) is 0 Å². The fourth-order valence-electron chi connectivity index (χ4n) is 2.11. The lowest BCUT2D eigenvalue weighted by Crippen LogP contribution is -1.87. The quantitative estimate of drug-likeness (QED) is 0.684. The van der Waals surface area contributed by atoms with E-state index in [4.69, 9.17) is 4.74 Å². The van der Waals surface area contributed by atoms with E-state index in [1.54, 1.807) is 7.11 Å². The molecule has 1 aromatic carbocycles. The van der Waals surface area contributed by atoms with E-state index in [0.29, 0.717) is 0 Å². The van der Waals surface area contributed by atoms with Crippen molar-refractivity contribution in [1.29, 1.82) is 0 Å². The molecule has 3 nitrogen and oxygen atoms in total. The van der Waals surface area contributed by atoms with Crippen LogP contribution in [0.1, 0.15) is 5.56 Å². The molecule has 0 atom stereocenters. The van der Waals surface area contributed by atoms with Gasteiger partial charge in [0.1, 0.15) is 11.4 Å². The first-order chi connectivity index (χ1) is 8.78. The lowest BCUT2D eigenvalue weighted by Gasteiger charge is -2.05. The number of rotatable bonds is 2. The number of aromatic nitrogens is 2. The van der Waals surface area contributed by atoms with Gasteiger partial charge >= 0.3 is 0 Å². The third-order valence-electron chi connectivity index (χ3n) is 3.07. The summed E-state index contributed by atoms with van der Waals surface area (Å²) in [6, 6.07) is 12.0. The van der Waals surface area contributed by atoms with Crippen LogP contribution in [0.15, 0.2) is 48.8 Å². The van der Waals surface area contributed by atoms with Gasteiger partial charge in [0.25, 0.3) is 0 Å². The number of pyridine rings is 1. The highest BCUT2D eigenvalue weighted by Crippen LogP contribution is 2.26. The zero-order valence-corrected chi connectivity index (χ0v) is 10.4. The largest absolute Gasteiger partial charge is 0.497 e. The molecule has 0 aliphatic rings. The third kappa shape index (κ3) is 1.74. The predicted molar refractivity (Wildman–Crippen MR) is 71.9 cm³/mol. The number of hydrogen-bond donors (Lipinski definition) is 0. The Kier molecular flexibility index (Phi) is 2.52. The van der Waals surface area contributed by atoms with Crippen molar-refractivity contribution in [3.8, 4) is 17.0 Å². The van der Waals surface area contributed by atoms with E-state index in [2.05, 4.69) is 18.0 Å². The van der Waals surface area contributed by atoms with Crippen molar-refractivity contribution in [3.63, 3.8) is 0 Å². The molecule has 0 spiro atoms. The van der Waals surface area contributed by atoms with Crippen LogP contribution in [-0.2, 0) is 0 Å². The standard InChI is InChI=1S/C15H14N2O/c1-11-9-12(18-2)6-7-13(11)14-10-17-8-4-3-5-15(17)16-14/h3-10H,1-2H3. The molecule has 3 rings (SSSR count). The Labute approximate surface area is 106 Å². The molecular weight excluding hydrogens is 224 g/mol. The highest BCUT2D eigenvalue weighted by atomic mass is 16.5. The summed E-state index contributed by atoms with van der Waals surface area (Å²) in [5, 5.41) is 0. The van der Waals surface area contributed by atoms with Gasteiger partial charge in [-0.05, 0) is 42.8 Å². The molecule has 3 aromatic rings. The number of ether oxygens (including phenoxy) is 1. The number of imidazole rings is 1. The van der Waals surface area contributed by atoms with E-state index in [-0.39, 0.29) is 0 Å². The summed E-state index contributed by atoms with van der Waals surface area (Å²) in [7, 11) is 1.68. The lowest BCUT2D eigenvalue weighted by molar-refractivity contribution is 0.414. The minimum Gasteiger partial charge on any atom is -0.497 e. The molecule has 0 unspecified atom stereocenters. The molecule has 2 aromatic heterocycles. The van der Waals surface area contributed by atoms with E-state index in [0.717, 1.165) is 28.2 Å². The van der Waals surface area contributed by atoms with E-state index >= 15 is 0 Å². The molecule has 2 heterocycles. The normalized spacial score (nSPS) is 10.8. The number of fused-ring (bicyclic) bond motifs is 1. The summed E-state index contributed by atoms with van der Waals surface area (Å²) in [6.45, 7) is 2.07. The zero-order chi connectivity index (χ0) is 12.5. The van der Waals surface area contributed by atoms with Gasteiger partial charge in [-0.15, -0.1) is 0 Å². The first kappa shape index (κ1) is 10.8. The van der Waals surface area contributed by atoms with Crippen LogP contribution in [0.3, 0.4) is 0 Å². The second kappa shape index (κ2) is 4.18. The van der Waals surface area contributed by atoms with Crippen LogP contribution in [0.5, 0.6) is 5.75 Å². The number of benzene rings is 1. The van der Waals surface area contributed by atoms with Crippen molar-refractivity contribution >= 4 is 5.65 Å². The van der Waals surface area contributed by atoms with Crippen LogP contribution < -0.4 is 4.74 Å². The first-order valence-corrected chi connectivity index (χ1v) is 5.86. The average Bonchev–Trinajstić information content (AvgIpc) is 2.81. The van der Waals surface area contributed by atoms with Gasteiger partial charge in [-0.25, -0.2) is 4.98 Å². The summed E-state index contributed by atoms with van der Waals surface area (Å²) in [5.74, 6) is 0.875. The van der Waals surface area contributed by atoms with Gasteiger partial charge < -0.3 is 9.14 Å². The zero-order valence-electron chi connectivity index (χ0n) is 10.4. The molecule has 0 fully saturated rings. The summed E-state index contributed by atoms with van der Waals surface area (Å²) in [5.41, 5.74) is 4.25. The molecule has 0 aliphatic carbocycles. The molecule has 90 valence electrons. The van der Waals surface area contributed by atoms with Crippen LogP contribution in [0.25, 0.3) is 16.9 Å². The smallest absolute Gasteiger partial charge is 0.137 e. The monoisotopic (exact) mass is 238 g/mol. The lowest BCUT2D eigenvalue weighted by atomic mass is 10.1. The van der Waals surface area contributed by atoms with Gasteiger partial charge in [0.05, 0.1) is 12.8 Å². The summed E-state index contributed by atoms with van der Waals surface area (Å²) >= 11 is 0. The molecular formula is C15H14N2O. The maximum Gasteiger partial charge on any atom is 0.137 e.